The van der Waals surface area contributed by atoms with Crippen LogP contribution in [0.15, 0.2) is 48.5 Å². The van der Waals surface area contributed by atoms with E-state index < -0.39 is 6.10 Å². The van der Waals surface area contributed by atoms with Gasteiger partial charge < -0.3 is 5.11 Å². The third-order valence-electron chi connectivity index (χ3n) is 3.50. The van der Waals surface area contributed by atoms with Crippen LogP contribution in [0, 0.1) is 0 Å². The Kier molecular flexibility index (Phi) is 2.65. The van der Waals surface area contributed by atoms with Crippen LogP contribution in [0.25, 0.3) is 0 Å². The predicted molar refractivity (Wildman–Crippen MR) is 69.3 cm³/mol. The van der Waals surface area contributed by atoms with E-state index in [9.17, 15) is 5.11 Å². The van der Waals surface area contributed by atoms with E-state index in [2.05, 4.69) is 12.1 Å². The molecule has 0 fully saturated rings. The van der Waals surface area contributed by atoms with Crippen LogP contribution in [0.2, 0.25) is 5.02 Å². The average Bonchev–Trinajstić information content (AvgIpc) is 2.31. The second kappa shape index (κ2) is 4.17. The van der Waals surface area contributed by atoms with Gasteiger partial charge in [0.1, 0.15) is 0 Å². The van der Waals surface area contributed by atoms with Crippen molar-refractivity contribution in [2.24, 2.45) is 0 Å². The van der Waals surface area contributed by atoms with Gasteiger partial charge in [0.05, 0.1) is 6.10 Å². The number of fused-ring (bicyclic) bond motifs is 1. The quantitative estimate of drug-likeness (QED) is 0.854. The van der Waals surface area contributed by atoms with Gasteiger partial charge in [-0.15, -0.1) is 0 Å². The van der Waals surface area contributed by atoms with Crippen molar-refractivity contribution in [3.63, 3.8) is 0 Å². The van der Waals surface area contributed by atoms with Gasteiger partial charge in [-0.3, -0.25) is 0 Å². The topological polar surface area (TPSA) is 20.2 Å². The van der Waals surface area contributed by atoms with Gasteiger partial charge in [0, 0.05) is 10.9 Å². The van der Waals surface area contributed by atoms with Gasteiger partial charge in [-0.25, -0.2) is 0 Å². The van der Waals surface area contributed by atoms with Gasteiger partial charge in [-0.05, 0) is 29.2 Å². The lowest BCUT2D eigenvalue weighted by Gasteiger charge is -2.34. The lowest BCUT2D eigenvalue weighted by Crippen LogP contribution is -2.23. The molecule has 0 bridgehead atoms. The summed E-state index contributed by atoms with van der Waals surface area (Å²) in [5, 5.41) is 11.0. The molecule has 0 aromatic heterocycles. The Morgan fingerprint density at radius 3 is 2.53 bits per heavy atom. The molecule has 0 saturated carbocycles. The van der Waals surface area contributed by atoms with Crippen molar-refractivity contribution in [1.82, 2.24) is 0 Å². The first-order valence-corrected chi connectivity index (χ1v) is 6.15. The number of benzene rings is 2. The van der Waals surface area contributed by atoms with E-state index >= 15 is 0 Å². The molecule has 0 spiro atoms. The number of rotatable bonds is 2. The van der Waals surface area contributed by atoms with Crippen molar-refractivity contribution in [2.45, 2.75) is 18.4 Å². The van der Waals surface area contributed by atoms with Crippen LogP contribution in [0.5, 0.6) is 0 Å². The molecule has 2 aromatic carbocycles. The molecule has 1 nitrogen and oxygen atoms in total. The minimum absolute atomic E-state index is 0.186. The zero-order valence-electron chi connectivity index (χ0n) is 9.31. The summed E-state index contributed by atoms with van der Waals surface area (Å²) >= 11 is 6.11. The Bertz CT molecular complexity index is 550. The van der Waals surface area contributed by atoms with E-state index in [1.165, 1.54) is 11.1 Å². The second-order valence-corrected chi connectivity index (χ2v) is 4.88. The monoisotopic (exact) mass is 244 g/mol. The summed E-state index contributed by atoms with van der Waals surface area (Å²) in [6.07, 6.45) is 0.432. The highest BCUT2D eigenvalue weighted by molar-refractivity contribution is 6.31. The van der Waals surface area contributed by atoms with Crippen molar-refractivity contribution >= 4 is 11.6 Å². The molecule has 0 radical (unpaired) electrons. The van der Waals surface area contributed by atoms with Crippen LogP contribution < -0.4 is 0 Å². The number of aliphatic hydroxyl groups is 1. The number of halogens is 1. The molecular formula is C15H13ClO. The lowest BCUT2D eigenvalue weighted by atomic mass is 9.73. The maximum atomic E-state index is 10.4. The maximum absolute atomic E-state index is 10.4. The molecule has 1 aliphatic rings. The standard InChI is InChI=1S/C15H13ClO/c16-14-8-4-3-7-12(14)15(17)13-9-10-5-1-2-6-11(10)13/h1-8,13,15,17H,9H2. The highest BCUT2D eigenvalue weighted by Gasteiger charge is 2.33. The van der Waals surface area contributed by atoms with Gasteiger partial charge in [-0.1, -0.05) is 54.1 Å². The second-order valence-electron chi connectivity index (χ2n) is 4.48. The van der Waals surface area contributed by atoms with Crippen molar-refractivity contribution in [1.29, 1.82) is 0 Å². The van der Waals surface area contributed by atoms with E-state index in [0.717, 1.165) is 12.0 Å². The van der Waals surface area contributed by atoms with Gasteiger partial charge in [0.15, 0.2) is 0 Å². The Hall–Kier alpha value is -1.31. The number of hydrogen-bond donors (Lipinski definition) is 1. The average molecular weight is 245 g/mol. The first-order valence-electron chi connectivity index (χ1n) is 5.77. The predicted octanol–water partition coefficient (Wildman–Crippen LogP) is 3.71. The summed E-state index contributed by atoms with van der Waals surface area (Å²) in [6.45, 7) is 0. The van der Waals surface area contributed by atoms with Gasteiger partial charge in [-0.2, -0.15) is 0 Å². The summed E-state index contributed by atoms with van der Waals surface area (Å²) in [6, 6.07) is 15.8. The van der Waals surface area contributed by atoms with Gasteiger partial charge in [0.25, 0.3) is 0 Å². The van der Waals surface area contributed by atoms with Crippen molar-refractivity contribution in [3.05, 3.63) is 70.2 Å². The summed E-state index contributed by atoms with van der Waals surface area (Å²) in [7, 11) is 0. The fourth-order valence-corrected chi connectivity index (χ4v) is 2.76. The molecule has 17 heavy (non-hydrogen) atoms. The smallest absolute Gasteiger partial charge is 0.0876 e. The van der Waals surface area contributed by atoms with Crippen molar-refractivity contribution < 1.29 is 5.11 Å². The summed E-state index contributed by atoms with van der Waals surface area (Å²) in [5.74, 6) is 0.186. The largest absolute Gasteiger partial charge is 0.388 e. The van der Waals surface area contributed by atoms with E-state index in [-0.39, 0.29) is 5.92 Å². The van der Waals surface area contributed by atoms with Crippen molar-refractivity contribution in [2.75, 3.05) is 0 Å². The third kappa shape index (κ3) is 1.76. The van der Waals surface area contributed by atoms with Crippen LogP contribution in [0.1, 0.15) is 28.7 Å². The molecule has 3 rings (SSSR count). The zero-order valence-corrected chi connectivity index (χ0v) is 10.1. The Morgan fingerprint density at radius 1 is 1.06 bits per heavy atom. The number of aliphatic hydroxyl groups excluding tert-OH is 1. The fourth-order valence-electron chi connectivity index (χ4n) is 2.51. The van der Waals surface area contributed by atoms with Gasteiger partial charge in [0.2, 0.25) is 0 Å². The van der Waals surface area contributed by atoms with E-state index in [0.29, 0.717) is 5.02 Å². The summed E-state index contributed by atoms with van der Waals surface area (Å²) < 4.78 is 0. The minimum atomic E-state index is -0.501. The molecule has 2 atom stereocenters. The van der Waals surface area contributed by atoms with Crippen molar-refractivity contribution in [3.8, 4) is 0 Å². The van der Waals surface area contributed by atoms with E-state index in [1.807, 2.05) is 36.4 Å². The SMILES string of the molecule is OC(c1ccccc1Cl)C1Cc2ccccc21. The van der Waals surface area contributed by atoms with Gasteiger partial charge >= 0.3 is 0 Å². The molecule has 2 heteroatoms. The van der Waals surface area contributed by atoms with Crippen LogP contribution in [0.4, 0.5) is 0 Å². The molecule has 0 saturated heterocycles. The third-order valence-corrected chi connectivity index (χ3v) is 3.84. The highest BCUT2D eigenvalue weighted by atomic mass is 35.5. The molecule has 1 aliphatic carbocycles. The normalized spacial score (nSPS) is 19.3. The van der Waals surface area contributed by atoms with Crippen LogP contribution in [-0.4, -0.2) is 5.11 Å². The summed E-state index contributed by atoms with van der Waals surface area (Å²) in [4.78, 5) is 0. The zero-order chi connectivity index (χ0) is 11.8. The Labute approximate surface area is 106 Å². The maximum Gasteiger partial charge on any atom is 0.0876 e. The summed E-state index contributed by atoms with van der Waals surface area (Å²) in [5.41, 5.74) is 3.41. The molecule has 0 amide bonds. The fraction of sp³-hybridized carbons (Fsp3) is 0.200. The molecule has 0 heterocycles. The Balaban J connectivity index is 1.91. The first kappa shape index (κ1) is 10.8. The molecular weight excluding hydrogens is 232 g/mol. The minimum Gasteiger partial charge on any atom is -0.388 e. The molecule has 0 aliphatic heterocycles. The Morgan fingerprint density at radius 2 is 1.76 bits per heavy atom. The molecule has 2 unspecified atom stereocenters. The molecule has 2 aromatic rings. The lowest BCUT2D eigenvalue weighted by molar-refractivity contribution is 0.134. The number of hydrogen-bond acceptors (Lipinski definition) is 1. The van der Waals surface area contributed by atoms with Crippen LogP contribution in [0.3, 0.4) is 0 Å². The van der Waals surface area contributed by atoms with E-state index in [4.69, 9.17) is 11.6 Å². The first-order chi connectivity index (χ1) is 8.27. The van der Waals surface area contributed by atoms with E-state index in [1.54, 1.807) is 0 Å². The van der Waals surface area contributed by atoms with Crippen LogP contribution in [-0.2, 0) is 6.42 Å². The highest BCUT2D eigenvalue weighted by Crippen LogP contribution is 2.44. The molecule has 1 N–H and O–H groups in total. The van der Waals surface area contributed by atoms with Crippen LogP contribution >= 0.6 is 11.6 Å². The molecule has 86 valence electrons.